The molecule has 3 heteroatoms. The molecule has 2 aromatic rings. The number of aryl methyl sites for hydroxylation is 3. The molecule has 1 heterocycles. The molecule has 0 aromatic heterocycles. The summed E-state index contributed by atoms with van der Waals surface area (Å²) in [6, 6.07) is 16.8. The van der Waals surface area contributed by atoms with Gasteiger partial charge in [-0.05, 0) is 63.4 Å². The van der Waals surface area contributed by atoms with Crippen molar-refractivity contribution in [1.29, 1.82) is 0 Å². The number of carbonyl (C=O) groups is 1. The third-order valence-electron chi connectivity index (χ3n) is 5.28. The molecule has 0 saturated carbocycles. The molecule has 1 aliphatic heterocycles. The number of amides is 1. The lowest BCUT2D eigenvalue weighted by atomic mass is 10.0. The van der Waals surface area contributed by atoms with E-state index < -0.39 is 0 Å². The van der Waals surface area contributed by atoms with Crippen molar-refractivity contribution in [2.75, 3.05) is 32.7 Å². The number of nitrogens with zero attached hydrogens (tertiary/aromatic N) is 2. The van der Waals surface area contributed by atoms with E-state index in [1.165, 1.54) is 12.0 Å². The summed E-state index contributed by atoms with van der Waals surface area (Å²) in [6.45, 7) is 8.95. The monoisotopic (exact) mass is 350 g/mol. The summed E-state index contributed by atoms with van der Waals surface area (Å²) in [5, 5.41) is 0. The Kier molecular flexibility index (Phi) is 6.45. The smallest absolute Gasteiger partial charge is 0.254 e. The van der Waals surface area contributed by atoms with Crippen LogP contribution in [0.15, 0.2) is 48.5 Å². The van der Waals surface area contributed by atoms with Crippen LogP contribution in [0.5, 0.6) is 0 Å². The highest BCUT2D eigenvalue weighted by Crippen LogP contribution is 2.15. The van der Waals surface area contributed by atoms with Crippen LogP contribution in [0.3, 0.4) is 0 Å². The summed E-state index contributed by atoms with van der Waals surface area (Å²) in [6.07, 6.45) is 3.36. The molecule has 0 spiro atoms. The van der Waals surface area contributed by atoms with Crippen LogP contribution in [0, 0.1) is 13.8 Å². The van der Waals surface area contributed by atoms with E-state index in [1.807, 2.05) is 24.8 Å². The van der Waals surface area contributed by atoms with Crippen molar-refractivity contribution in [3.8, 4) is 0 Å². The Labute approximate surface area is 157 Å². The minimum absolute atomic E-state index is 0.192. The average molecular weight is 351 g/mol. The van der Waals surface area contributed by atoms with Gasteiger partial charge in [0, 0.05) is 25.2 Å². The van der Waals surface area contributed by atoms with Crippen LogP contribution in [0.1, 0.15) is 39.9 Å². The number of benzene rings is 2. The van der Waals surface area contributed by atoms with E-state index in [2.05, 4.69) is 47.4 Å². The van der Waals surface area contributed by atoms with Gasteiger partial charge < -0.3 is 9.80 Å². The van der Waals surface area contributed by atoms with Crippen LogP contribution in [0.4, 0.5) is 0 Å². The first-order valence-corrected chi connectivity index (χ1v) is 9.76. The Morgan fingerprint density at radius 2 is 1.77 bits per heavy atom. The van der Waals surface area contributed by atoms with Crippen molar-refractivity contribution in [3.63, 3.8) is 0 Å². The molecule has 2 aromatic carbocycles. The summed E-state index contributed by atoms with van der Waals surface area (Å²) in [4.78, 5) is 17.5. The number of hydrogen-bond donors (Lipinski definition) is 0. The SMILES string of the molecule is Cc1ccc(C)c(C(=O)N2CCCN(CCCc3ccccc3)CC2)c1. The Morgan fingerprint density at radius 3 is 2.58 bits per heavy atom. The zero-order valence-corrected chi connectivity index (χ0v) is 16.1. The van der Waals surface area contributed by atoms with E-state index in [0.29, 0.717) is 0 Å². The van der Waals surface area contributed by atoms with Gasteiger partial charge in [-0.1, -0.05) is 48.0 Å². The van der Waals surface area contributed by atoms with Crippen molar-refractivity contribution in [2.45, 2.75) is 33.1 Å². The molecule has 0 N–H and O–H groups in total. The summed E-state index contributed by atoms with van der Waals surface area (Å²) < 4.78 is 0. The molecule has 0 unspecified atom stereocenters. The zero-order valence-electron chi connectivity index (χ0n) is 16.1. The van der Waals surface area contributed by atoms with E-state index in [1.54, 1.807) is 0 Å². The first-order valence-electron chi connectivity index (χ1n) is 9.76. The second-order valence-corrected chi connectivity index (χ2v) is 7.39. The fraction of sp³-hybridized carbons (Fsp3) is 0.435. The molecule has 0 bridgehead atoms. The summed E-state index contributed by atoms with van der Waals surface area (Å²) >= 11 is 0. The first-order chi connectivity index (χ1) is 12.6. The van der Waals surface area contributed by atoms with E-state index in [4.69, 9.17) is 0 Å². The van der Waals surface area contributed by atoms with Crippen LogP contribution in [-0.4, -0.2) is 48.4 Å². The van der Waals surface area contributed by atoms with Crippen molar-refractivity contribution in [3.05, 3.63) is 70.8 Å². The molecule has 1 aliphatic rings. The topological polar surface area (TPSA) is 23.6 Å². The van der Waals surface area contributed by atoms with Crippen LogP contribution < -0.4 is 0 Å². The highest BCUT2D eigenvalue weighted by Gasteiger charge is 2.21. The molecule has 1 amide bonds. The van der Waals surface area contributed by atoms with Gasteiger partial charge in [0.15, 0.2) is 0 Å². The fourth-order valence-corrected chi connectivity index (χ4v) is 3.69. The predicted octanol–water partition coefficient (Wildman–Crippen LogP) is 4.08. The maximum atomic E-state index is 12.9. The number of rotatable bonds is 5. The Morgan fingerprint density at radius 1 is 0.962 bits per heavy atom. The second-order valence-electron chi connectivity index (χ2n) is 7.39. The lowest BCUT2D eigenvalue weighted by Gasteiger charge is -2.23. The van der Waals surface area contributed by atoms with Gasteiger partial charge in [0.1, 0.15) is 0 Å². The molecule has 3 rings (SSSR count). The molecule has 1 saturated heterocycles. The number of carbonyl (C=O) groups excluding carboxylic acids is 1. The molecular weight excluding hydrogens is 320 g/mol. The van der Waals surface area contributed by atoms with Gasteiger partial charge in [-0.2, -0.15) is 0 Å². The summed E-state index contributed by atoms with van der Waals surface area (Å²) in [5.74, 6) is 0.192. The molecular formula is C23H30N2O. The maximum Gasteiger partial charge on any atom is 0.254 e. The van der Waals surface area contributed by atoms with Gasteiger partial charge in [0.2, 0.25) is 0 Å². The largest absolute Gasteiger partial charge is 0.337 e. The van der Waals surface area contributed by atoms with Crippen molar-refractivity contribution in [2.24, 2.45) is 0 Å². The lowest BCUT2D eigenvalue weighted by Crippen LogP contribution is -2.35. The average Bonchev–Trinajstić information content (AvgIpc) is 2.90. The van der Waals surface area contributed by atoms with E-state index in [9.17, 15) is 4.79 Å². The van der Waals surface area contributed by atoms with Gasteiger partial charge in [0.05, 0.1) is 0 Å². The standard InChI is InChI=1S/C23H30N2O/c1-19-11-12-20(2)22(18-19)23(26)25-15-7-14-24(16-17-25)13-6-10-21-8-4-3-5-9-21/h3-5,8-9,11-12,18H,6-7,10,13-17H2,1-2H3. The molecule has 3 nitrogen and oxygen atoms in total. The fourth-order valence-electron chi connectivity index (χ4n) is 3.69. The third-order valence-corrected chi connectivity index (χ3v) is 5.28. The Bertz CT molecular complexity index is 726. The highest BCUT2D eigenvalue weighted by atomic mass is 16.2. The van der Waals surface area contributed by atoms with E-state index in [0.717, 1.165) is 62.3 Å². The molecule has 1 fully saturated rings. The zero-order chi connectivity index (χ0) is 18.4. The van der Waals surface area contributed by atoms with Crippen LogP contribution in [0.2, 0.25) is 0 Å². The lowest BCUT2D eigenvalue weighted by molar-refractivity contribution is 0.0760. The molecule has 0 atom stereocenters. The molecule has 138 valence electrons. The highest BCUT2D eigenvalue weighted by molar-refractivity contribution is 5.95. The summed E-state index contributed by atoms with van der Waals surface area (Å²) in [5.41, 5.74) is 4.50. The normalized spacial score (nSPS) is 15.7. The first kappa shape index (κ1) is 18.7. The quantitative estimate of drug-likeness (QED) is 0.811. The molecule has 26 heavy (non-hydrogen) atoms. The predicted molar refractivity (Wildman–Crippen MR) is 108 cm³/mol. The van der Waals surface area contributed by atoms with Gasteiger partial charge >= 0.3 is 0 Å². The molecule has 0 aliphatic carbocycles. The minimum Gasteiger partial charge on any atom is -0.337 e. The van der Waals surface area contributed by atoms with Gasteiger partial charge in [-0.15, -0.1) is 0 Å². The Hall–Kier alpha value is -2.13. The van der Waals surface area contributed by atoms with E-state index >= 15 is 0 Å². The third kappa shape index (κ3) is 4.95. The van der Waals surface area contributed by atoms with Crippen molar-refractivity contribution in [1.82, 2.24) is 9.80 Å². The van der Waals surface area contributed by atoms with Crippen molar-refractivity contribution >= 4 is 5.91 Å². The van der Waals surface area contributed by atoms with Crippen LogP contribution >= 0.6 is 0 Å². The van der Waals surface area contributed by atoms with Crippen molar-refractivity contribution < 1.29 is 4.79 Å². The van der Waals surface area contributed by atoms with Crippen LogP contribution in [0.25, 0.3) is 0 Å². The van der Waals surface area contributed by atoms with Gasteiger partial charge in [-0.3, -0.25) is 4.79 Å². The maximum absolute atomic E-state index is 12.9. The minimum atomic E-state index is 0.192. The van der Waals surface area contributed by atoms with Gasteiger partial charge in [0.25, 0.3) is 5.91 Å². The van der Waals surface area contributed by atoms with Crippen LogP contribution in [-0.2, 0) is 6.42 Å². The van der Waals surface area contributed by atoms with E-state index in [-0.39, 0.29) is 5.91 Å². The van der Waals surface area contributed by atoms with Gasteiger partial charge in [-0.25, -0.2) is 0 Å². The second kappa shape index (κ2) is 9.00. The molecule has 0 radical (unpaired) electrons. The number of hydrogen-bond acceptors (Lipinski definition) is 2. The Balaban J connectivity index is 1.51. The summed E-state index contributed by atoms with van der Waals surface area (Å²) in [7, 11) is 0.